The molecule has 2 aliphatic heterocycles. The summed E-state index contributed by atoms with van der Waals surface area (Å²) in [6, 6.07) is 11.8. The molecular weight excluding hydrogens is 529 g/mol. The third-order valence-electron chi connectivity index (χ3n) is 6.32. The third-order valence-corrected chi connectivity index (χ3v) is 9.30. The molecule has 0 radical (unpaired) electrons. The molecule has 2 aliphatic rings. The minimum Gasteiger partial charge on any atom is -0.368 e. The second-order valence-corrected chi connectivity index (χ2v) is 11.7. The Morgan fingerprint density at radius 1 is 1.03 bits per heavy atom. The summed E-state index contributed by atoms with van der Waals surface area (Å²) in [7, 11) is -3.74. The molecule has 2 fully saturated rings. The van der Waals surface area contributed by atoms with Crippen LogP contribution in [0, 0.1) is 0 Å². The van der Waals surface area contributed by atoms with Gasteiger partial charge in [0.25, 0.3) is 10.0 Å². The van der Waals surface area contributed by atoms with E-state index in [1.165, 1.54) is 29.7 Å². The van der Waals surface area contributed by atoms with Gasteiger partial charge in [-0.25, -0.2) is 13.4 Å². The van der Waals surface area contributed by atoms with Crippen LogP contribution < -0.4 is 14.5 Å². The van der Waals surface area contributed by atoms with Crippen molar-refractivity contribution < 1.29 is 16.1 Å². The molecule has 1 N–H and O–H groups in total. The van der Waals surface area contributed by atoms with Gasteiger partial charge in [-0.2, -0.15) is 0 Å². The summed E-state index contributed by atoms with van der Waals surface area (Å²) < 4.78 is 27.6. The van der Waals surface area contributed by atoms with E-state index >= 15 is 0 Å². The van der Waals surface area contributed by atoms with Gasteiger partial charge in [0.05, 0.1) is 26.7 Å². The number of thiazole rings is 1. The highest BCUT2D eigenvalue weighted by molar-refractivity contribution is 7.93. The molecule has 1 atom stereocenters. The topological polar surface area (TPSA) is 85.9 Å². The highest BCUT2D eigenvalue weighted by Gasteiger charge is 2.38. The van der Waals surface area contributed by atoms with E-state index in [0.717, 1.165) is 38.3 Å². The van der Waals surface area contributed by atoms with Crippen molar-refractivity contribution in [1.82, 2.24) is 9.88 Å². The number of aromatic nitrogens is 1. The molecule has 35 heavy (non-hydrogen) atoms. The number of hydrogen-bond acceptors (Lipinski definition) is 7. The first-order chi connectivity index (χ1) is 16.8. The standard InChI is InChI=1S/C23H23Cl2N5O3S2.2H2/c24-18-2-1-3-19(21(18)25)28-11-13-29(14-12-28)20-8-10-30(22(20)31)16-4-6-17(7-5-16)35(32,33)27-23-26-9-15-34-23;;/h1-7,9,15,20H,8,10-14H2,(H,26,27);2*1H/t20-;;/m0../s1. The molecule has 1 amide bonds. The van der Waals surface area contributed by atoms with Crippen molar-refractivity contribution in [2.24, 2.45) is 0 Å². The van der Waals surface area contributed by atoms with Gasteiger partial charge in [-0.1, -0.05) is 29.3 Å². The average molecular weight is 557 g/mol. The Bertz CT molecular complexity index is 1320. The Labute approximate surface area is 221 Å². The van der Waals surface area contributed by atoms with Crippen molar-refractivity contribution in [2.45, 2.75) is 17.4 Å². The molecule has 0 saturated carbocycles. The molecule has 188 valence electrons. The first-order valence-corrected chi connectivity index (χ1v) is 14.2. The zero-order valence-electron chi connectivity index (χ0n) is 18.6. The minimum absolute atomic E-state index is 0. The maximum absolute atomic E-state index is 13.2. The molecular formula is C23H27Cl2N5O3S2. The fourth-order valence-electron chi connectivity index (χ4n) is 4.52. The minimum atomic E-state index is -3.74. The predicted molar refractivity (Wildman–Crippen MR) is 145 cm³/mol. The normalized spacial score (nSPS) is 19.4. The van der Waals surface area contributed by atoms with E-state index < -0.39 is 10.0 Å². The van der Waals surface area contributed by atoms with Gasteiger partial charge in [0.2, 0.25) is 5.91 Å². The molecule has 0 bridgehead atoms. The van der Waals surface area contributed by atoms with Crippen LogP contribution in [0.3, 0.4) is 0 Å². The van der Waals surface area contributed by atoms with Crippen LogP contribution in [0.5, 0.6) is 0 Å². The van der Waals surface area contributed by atoms with Crippen LogP contribution in [0.1, 0.15) is 9.27 Å². The number of halogens is 2. The molecule has 3 heterocycles. The van der Waals surface area contributed by atoms with Crippen LogP contribution in [0.25, 0.3) is 0 Å². The van der Waals surface area contributed by atoms with Crippen LogP contribution >= 0.6 is 34.5 Å². The lowest BCUT2D eigenvalue weighted by atomic mass is 10.1. The molecule has 0 aliphatic carbocycles. The summed E-state index contributed by atoms with van der Waals surface area (Å²) in [5, 5.41) is 3.09. The summed E-state index contributed by atoms with van der Waals surface area (Å²) >= 11 is 13.8. The summed E-state index contributed by atoms with van der Waals surface area (Å²) in [5.74, 6) is 0.0377. The SMILES string of the molecule is O=C1[C@@H](N2CCN(c3cccc(Cl)c3Cl)CC2)CCN1c1ccc(S(=O)(=O)Nc2nccs2)cc1.[HH].[HH]. The van der Waals surface area contributed by atoms with Crippen molar-refractivity contribution in [2.75, 3.05) is 47.2 Å². The molecule has 2 aromatic carbocycles. The number of carbonyl (C=O) groups is 1. The molecule has 0 spiro atoms. The highest BCUT2D eigenvalue weighted by Crippen LogP contribution is 2.34. The number of nitrogens with one attached hydrogen (secondary N) is 1. The number of nitrogens with zero attached hydrogens (tertiary/aromatic N) is 4. The molecule has 2 saturated heterocycles. The van der Waals surface area contributed by atoms with E-state index in [9.17, 15) is 13.2 Å². The van der Waals surface area contributed by atoms with Gasteiger partial charge in [-0.3, -0.25) is 14.4 Å². The number of piperazine rings is 1. The van der Waals surface area contributed by atoms with Crippen molar-refractivity contribution in [3.8, 4) is 0 Å². The van der Waals surface area contributed by atoms with Crippen LogP contribution in [0.15, 0.2) is 58.9 Å². The van der Waals surface area contributed by atoms with Crippen molar-refractivity contribution >= 4 is 67.0 Å². The van der Waals surface area contributed by atoms with E-state index in [-0.39, 0.29) is 19.7 Å². The number of hydrogen-bond donors (Lipinski definition) is 1. The molecule has 3 aromatic rings. The molecule has 5 rings (SSSR count). The number of benzene rings is 2. The average Bonchev–Trinajstić information content (AvgIpc) is 3.50. The Morgan fingerprint density at radius 2 is 1.77 bits per heavy atom. The molecule has 0 unspecified atom stereocenters. The molecule has 1 aromatic heterocycles. The van der Waals surface area contributed by atoms with E-state index in [0.29, 0.717) is 27.4 Å². The van der Waals surface area contributed by atoms with Gasteiger partial charge in [0, 0.05) is 52.8 Å². The van der Waals surface area contributed by atoms with Gasteiger partial charge >= 0.3 is 0 Å². The van der Waals surface area contributed by atoms with Gasteiger partial charge in [-0.05, 0) is 42.8 Å². The van der Waals surface area contributed by atoms with Crippen molar-refractivity contribution in [3.05, 3.63) is 64.1 Å². The maximum Gasteiger partial charge on any atom is 0.263 e. The quantitative estimate of drug-likeness (QED) is 0.475. The number of rotatable bonds is 6. The zero-order chi connectivity index (χ0) is 24.6. The zero-order valence-corrected chi connectivity index (χ0v) is 21.7. The van der Waals surface area contributed by atoms with Gasteiger partial charge < -0.3 is 9.80 Å². The van der Waals surface area contributed by atoms with Crippen molar-refractivity contribution in [1.29, 1.82) is 0 Å². The largest absolute Gasteiger partial charge is 0.368 e. The fraction of sp³-hybridized carbons (Fsp3) is 0.304. The Hall–Kier alpha value is -2.37. The van der Waals surface area contributed by atoms with E-state index in [1.807, 2.05) is 12.1 Å². The van der Waals surface area contributed by atoms with Crippen LogP contribution in [-0.4, -0.2) is 63.0 Å². The van der Waals surface area contributed by atoms with Gasteiger partial charge in [0.15, 0.2) is 5.13 Å². The summed E-state index contributed by atoms with van der Waals surface area (Å²) in [4.78, 5) is 23.5. The van der Waals surface area contributed by atoms with E-state index in [4.69, 9.17) is 23.2 Å². The number of sulfonamides is 1. The smallest absolute Gasteiger partial charge is 0.263 e. The summed E-state index contributed by atoms with van der Waals surface area (Å²) in [6.07, 6.45) is 2.26. The second-order valence-electron chi connectivity index (χ2n) is 8.33. The van der Waals surface area contributed by atoms with Crippen LogP contribution in [0.4, 0.5) is 16.5 Å². The van der Waals surface area contributed by atoms with E-state index in [2.05, 4.69) is 19.5 Å². The number of amides is 1. The van der Waals surface area contributed by atoms with Gasteiger partial charge in [-0.15, -0.1) is 11.3 Å². The third kappa shape index (κ3) is 4.99. The fourth-order valence-corrected chi connectivity index (χ4v) is 6.73. The maximum atomic E-state index is 13.2. The number of carbonyl (C=O) groups excluding carboxylic acids is 1. The lowest BCUT2D eigenvalue weighted by Gasteiger charge is -2.38. The molecule has 8 nitrogen and oxygen atoms in total. The monoisotopic (exact) mass is 555 g/mol. The lowest BCUT2D eigenvalue weighted by Crippen LogP contribution is -2.52. The second kappa shape index (κ2) is 9.94. The highest BCUT2D eigenvalue weighted by atomic mass is 35.5. The van der Waals surface area contributed by atoms with Crippen molar-refractivity contribution in [3.63, 3.8) is 0 Å². The lowest BCUT2D eigenvalue weighted by molar-refractivity contribution is -0.121. The molecule has 12 heteroatoms. The summed E-state index contributed by atoms with van der Waals surface area (Å²) in [6.45, 7) is 3.58. The van der Waals surface area contributed by atoms with Crippen LogP contribution in [-0.2, 0) is 14.8 Å². The van der Waals surface area contributed by atoms with Gasteiger partial charge in [0.1, 0.15) is 0 Å². The first kappa shape index (κ1) is 24.3. The Morgan fingerprint density at radius 3 is 2.46 bits per heavy atom. The van der Waals surface area contributed by atoms with Crippen LogP contribution in [0.2, 0.25) is 10.0 Å². The Kier molecular flexibility index (Phi) is 6.91. The Balaban J connectivity index is 0.00000190. The first-order valence-electron chi connectivity index (χ1n) is 11.1. The summed E-state index contributed by atoms with van der Waals surface area (Å²) in [5.41, 5.74) is 1.60. The number of anilines is 3. The predicted octanol–water partition coefficient (Wildman–Crippen LogP) is 4.67. The van der Waals surface area contributed by atoms with E-state index in [1.54, 1.807) is 28.5 Å².